The van der Waals surface area contributed by atoms with Gasteiger partial charge < -0.3 is 4.98 Å². The Morgan fingerprint density at radius 2 is 2.19 bits per heavy atom. The van der Waals surface area contributed by atoms with Crippen molar-refractivity contribution < 1.29 is 4.79 Å². The number of carbonyl (C=O) groups is 1. The highest BCUT2D eigenvalue weighted by molar-refractivity contribution is 5.89. The number of Topliss-reactive ketones (excluding diaryl/α,β-unsaturated/α-hetero) is 1. The molecule has 1 aromatic heterocycles. The first-order valence-electron chi connectivity index (χ1n) is 5.94. The monoisotopic (exact) mass is 220 g/mol. The van der Waals surface area contributed by atoms with Crippen molar-refractivity contribution >= 4 is 5.78 Å². The Balaban J connectivity index is 0.000000162. The summed E-state index contributed by atoms with van der Waals surface area (Å²) in [7, 11) is 0. The summed E-state index contributed by atoms with van der Waals surface area (Å²) in [5.74, 6) is 1.19. The molecular formula is C13H20N2O. The van der Waals surface area contributed by atoms with Gasteiger partial charge in [0.25, 0.3) is 0 Å². The summed E-state index contributed by atoms with van der Waals surface area (Å²) in [4.78, 5) is 18.0. The average Bonchev–Trinajstić information content (AvgIpc) is 2.88. The second-order valence-electron chi connectivity index (χ2n) is 5.68. The van der Waals surface area contributed by atoms with Gasteiger partial charge in [-0.05, 0) is 24.2 Å². The summed E-state index contributed by atoms with van der Waals surface area (Å²) in [5, 5.41) is 0. The molecule has 16 heavy (non-hydrogen) atoms. The molecule has 0 aliphatic heterocycles. The summed E-state index contributed by atoms with van der Waals surface area (Å²) >= 11 is 0. The average molecular weight is 220 g/mol. The fourth-order valence-electron chi connectivity index (χ4n) is 3.12. The Hall–Kier alpha value is -1.12. The highest BCUT2D eigenvalue weighted by atomic mass is 16.1. The molecule has 2 unspecified atom stereocenters. The molecule has 3 rings (SSSR count). The van der Waals surface area contributed by atoms with Crippen LogP contribution in [-0.2, 0) is 4.79 Å². The Kier molecular flexibility index (Phi) is 2.64. The summed E-state index contributed by atoms with van der Waals surface area (Å²) in [6.07, 6.45) is 8.34. The lowest BCUT2D eigenvalue weighted by atomic mass is 9.70. The molecule has 2 bridgehead atoms. The number of carbonyl (C=O) groups excluding carboxylic acids is 1. The highest BCUT2D eigenvalue weighted by Crippen LogP contribution is 2.63. The first kappa shape index (κ1) is 11.4. The van der Waals surface area contributed by atoms with Crippen molar-refractivity contribution in [1.82, 2.24) is 9.97 Å². The van der Waals surface area contributed by atoms with E-state index in [1.807, 2.05) is 0 Å². The Morgan fingerprint density at radius 3 is 2.38 bits per heavy atom. The predicted octanol–water partition coefficient (Wildman–Crippen LogP) is 2.81. The minimum atomic E-state index is 0.0255. The van der Waals surface area contributed by atoms with Gasteiger partial charge >= 0.3 is 0 Å². The van der Waals surface area contributed by atoms with Gasteiger partial charge in [0.1, 0.15) is 5.78 Å². The fraction of sp³-hybridized carbons (Fsp3) is 0.692. The molecule has 3 nitrogen and oxygen atoms in total. The molecule has 1 N–H and O–H groups in total. The van der Waals surface area contributed by atoms with Crippen molar-refractivity contribution in [2.45, 2.75) is 40.0 Å². The molecule has 0 radical (unpaired) electrons. The second kappa shape index (κ2) is 3.72. The third kappa shape index (κ3) is 1.49. The van der Waals surface area contributed by atoms with Crippen molar-refractivity contribution in [3.63, 3.8) is 0 Å². The Labute approximate surface area is 96.7 Å². The molecule has 1 aromatic rings. The lowest BCUT2D eigenvalue weighted by Gasteiger charge is -2.32. The number of nitrogens with one attached hydrogen (secondary N) is 1. The summed E-state index contributed by atoms with van der Waals surface area (Å²) in [6.45, 7) is 6.67. The molecule has 2 fully saturated rings. The number of hydrogen-bond acceptors (Lipinski definition) is 2. The van der Waals surface area contributed by atoms with Crippen LogP contribution >= 0.6 is 0 Å². The molecular weight excluding hydrogens is 200 g/mol. The molecule has 88 valence electrons. The zero-order valence-corrected chi connectivity index (χ0v) is 10.3. The van der Waals surface area contributed by atoms with Gasteiger partial charge in [0, 0.05) is 24.2 Å². The minimum Gasteiger partial charge on any atom is -0.351 e. The molecule has 2 saturated carbocycles. The molecule has 3 heteroatoms. The Morgan fingerprint density at radius 1 is 1.44 bits per heavy atom. The number of hydrogen-bond donors (Lipinski definition) is 1. The van der Waals surface area contributed by atoms with Crippen molar-refractivity contribution in [3.05, 3.63) is 18.7 Å². The number of aromatic amines is 1. The largest absolute Gasteiger partial charge is 0.351 e. The van der Waals surface area contributed by atoms with Crippen LogP contribution in [-0.4, -0.2) is 15.8 Å². The maximum absolute atomic E-state index is 11.6. The lowest BCUT2D eigenvalue weighted by molar-refractivity contribution is -0.128. The maximum atomic E-state index is 11.6. The van der Waals surface area contributed by atoms with Gasteiger partial charge in [0.15, 0.2) is 0 Å². The van der Waals surface area contributed by atoms with E-state index in [-0.39, 0.29) is 10.8 Å². The smallest absolute Gasteiger partial charge is 0.139 e. The standard InChI is InChI=1S/C10H16O.C3H4N2/c1-9(2)7-4-5-10(9,3)8(11)6-7;1-2-5-3-4-1/h7H,4-6H2,1-3H3;1-3H,(H,4,5). The van der Waals surface area contributed by atoms with E-state index in [1.165, 1.54) is 6.42 Å². The number of imidazole rings is 1. The second-order valence-corrected chi connectivity index (χ2v) is 5.68. The van der Waals surface area contributed by atoms with Crippen LogP contribution in [0.25, 0.3) is 0 Å². The lowest BCUT2D eigenvalue weighted by Crippen LogP contribution is -2.32. The van der Waals surface area contributed by atoms with Crippen LogP contribution in [0.1, 0.15) is 40.0 Å². The number of nitrogens with zero attached hydrogens (tertiary/aromatic N) is 1. The van der Waals surface area contributed by atoms with Gasteiger partial charge in [-0.1, -0.05) is 20.8 Å². The zero-order chi connectivity index (χ0) is 11.8. The number of H-pyrrole nitrogens is 1. The number of rotatable bonds is 0. The van der Waals surface area contributed by atoms with Crippen LogP contribution < -0.4 is 0 Å². The van der Waals surface area contributed by atoms with Crippen molar-refractivity contribution in [1.29, 1.82) is 0 Å². The van der Waals surface area contributed by atoms with Crippen LogP contribution in [0.2, 0.25) is 0 Å². The Bertz CT molecular complexity index is 352. The van der Waals surface area contributed by atoms with Gasteiger partial charge in [0.2, 0.25) is 0 Å². The maximum Gasteiger partial charge on any atom is 0.139 e. The van der Waals surface area contributed by atoms with Gasteiger partial charge in [-0.3, -0.25) is 4.79 Å². The first-order chi connectivity index (χ1) is 7.48. The van der Waals surface area contributed by atoms with Crippen LogP contribution in [0.15, 0.2) is 18.7 Å². The van der Waals surface area contributed by atoms with Crippen molar-refractivity contribution in [2.75, 3.05) is 0 Å². The van der Waals surface area contributed by atoms with Gasteiger partial charge in [0.05, 0.1) is 6.33 Å². The van der Waals surface area contributed by atoms with E-state index >= 15 is 0 Å². The van der Waals surface area contributed by atoms with E-state index in [4.69, 9.17) is 0 Å². The van der Waals surface area contributed by atoms with E-state index in [0.717, 1.165) is 12.8 Å². The quantitative estimate of drug-likeness (QED) is 0.730. The van der Waals surface area contributed by atoms with Gasteiger partial charge in [-0.25, -0.2) is 4.98 Å². The summed E-state index contributed by atoms with van der Waals surface area (Å²) in [6, 6.07) is 0. The van der Waals surface area contributed by atoms with Crippen LogP contribution in [0.3, 0.4) is 0 Å². The SMILES string of the molecule is CC12CCC(CC1=O)C2(C)C.c1c[nH]cn1. The summed E-state index contributed by atoms with van der Waals surface area (Å²) < 4.78 is 0. The van der Waals surface area contributed by atoms with E-state index in [1.54, 1.807) is 18.7 Å². The van der Waals surface area contributed by atoms with Crippen molar-refractivity contribution in [3.8, 4) is 0 Å². The van der Waals surface area contributed by atoms with Gasteiger partial charge in [-0.15, -0.1) is 0 Å². The van der Waals surface area contributed by atoms with E-state index in [9.17, 15) is 4.79 Å². The summed E-state index contributed by atoms with van der Waals surface area (Å²) in [5.41, 5.74) is 0.307. The number of ketones is 1. The van der Waals surface area contributed by atoms with E-state index in [2.05, 4.69) is 30.7 Å². The molecule has 2 aliphatic rings. The first-order valence-corrected chi connectivity index (χ1v) is 5.94. The van der Waals surface area contributed by atoms with Crippen LogP contribution in [0, 0.1) is 16.7 Å². The molecule has 0 amide bonds. The fourth-order valence-corrected chi connectivity index (χ4v) is 3.12. The molecule has 1 heterocycles. The molecule has 0 saturated heterocycles. The normalized spacial score (nSPS) is 34.7. The number of aromatic nitrogens is 2. The molecule has 2 atom stereocenters. The molecule has 2 aliphatic carbocycles. The van der Waals surface area contributed by atoms with Gasteiger partial charge in [-0.2, -0.15) is 0 Å². The number of fused-ring (bicyclic) bond motifs is 2. The molecule has 0 aromatic carbocycles. The van der Waals surface area contributed by atoms with Crippen LogP contribution in [0.5, 0.6) is 0 Å². The third-order valence-electron chi connectivity index (χ3n) is 4.89. The zero-order valence-electron chi connectivity index (χ0n) is 10.3. The van der Waals surface area contributed by atoms with E-state index in [0.29, 0.717) is 11.7 Å². The van der Waals surface area contributed by atoms with Crippen LogP contribution in [0.4, 0.5) is 0 Å². The third-order valence-corrected chi connectivity index (χ3v) is 4.89. The topological polar surface area (TPSA) is 45.8 Å². The molecule has 0 spiro atoms. The highest BCUT2D eigenvalue weighted by Gasteiger charge is 2.61. The predicted molar refractivity (Wildman–Crippen MR) is 62.8 cm³/mol. The van der Waals surface area contributed by atoms with E-state index < -0.39 is 0 Å². The van der Waals surface area contributed by atoms with Crippen molar-refractivity contribution in [2.24, 2.45) is 16.7 Å². The minimum absolute atomic E-state index is 0.0255.